The molecule has 2 N–H and O–H groups in total. The highest BCUT2D eigenvalue weighted by Crippen LogP contribution is 2.15. The fourth-order valence-corrected chi connectivity index (χ4v) is 2.41. The predicted molar refractivity (Wildman–Crippen MR) is 78.5 cm³/mol. The number of hydrogen-bond acceptors (Lipinski definition) is 2. The topological polar surface area (TPSA) is 41.1 Å². The molecule has 3 heteroatoms. The zero-order valence-corrected chi connectivity index (χ0v) is 12.1. The molecule has 0 saturated carbocycles. The summed E-state index contributed by atoms with van der Waals surface area (Å²) in [5.41, 5.74) is 2.02. The third-order valence-electron chi connectivity index (χ3n) is 3.84. The molecule has 1 fully saturated rings. The maximum Gasteiger partial charge on any atom is 0.251 e. The smallest absolute Gasteiger partial charge is 0.251 e. The van der Waals surface area contributed by atoms with Gasteiger partial charge < -0.3 is 10.6 Å². The van der Waals surface area contributed by atoms with Crippen molar-refractivity contribution in [2.24, 2.45) is 0 Å². The molecule has 1 aromatic carbocycles. The lowest BCUT2D eigenvalue weighted by Gasteiger charge is -2.28. The van der Waals surface area contributed by atoms with Gasteiger partial charge in [-0.15, -0.1) is 0 Å². The van der Waals surface area contributed by atoms with Crippen LogP contribution in [0.3, 0.4) is 0 Å². The highest BCUT2D eigenvalue weighted by Gasteiger charge is 2.19. The molecule has 3 nitrogen and oxygen atoms in total. The van der Waals surface area contributed by atoms with Crippen LogP contribution < -0.4 is 10.6 Å². The molecule has 0 bridgehead atoms. The number of benzene rings is 1. The molecule has 1 aliphatic heterocycles. The van der Waals surface area contributed by atoms with Crippen LogP contribution in [0.25, 0.3) is 0 Å². The van der Waals surface area contributed by atoms with Crippen molar-refractivity contribution in [3.8, 4) is 0 Å². The van der Waals surface area contributed by atoms with Gasteiger partial charge in [0.15, 0.2) is 0 Å². The summed E-state index contributed by atoms with van der Waals surface area (Å²) in [5.74, 6) is 0.540. The lowest BCUT2D eigenvalue weighted by Crippen LogP contribution is -2.48. The van der Waals surface area contributed by atoms with Gasteiger partial charge in [-0.2, -0.15) is 0 Å². The van der Waals surface area contributed by atoms with E-state index in [1.165, 1.54) is 5.56 Å². The van der Waals surface area contributed by atoms with E-state index in [1.54, 1.807) is 0 Å². The van der Waals surface area contributed by atoms with E-state index >= 15 is 0 Å². The minimum Gasteiger partial charge on any atom is -0.348 e. The molecular weight excluding hydrogens is 236 g/mol. The first-order valence-electron chi connectivity index (χ1n) is 7.20. The van der Waals surface area contributed by atoms with Crippen LogP contribution in [0.1, 0.15) is 55.5 Å². The van der Waals surface area contributed by atoms with Crippen molar-refractivity contribution in [2.45, 2.75) is 51.6 Å². The average Bonchev–Trinajstić information content (AvgIpc) is 2.41. The van der Waals surface area contributed by atoms with Crippen LogP contribution in [0.5, 0.6) is 0 Å². The maximum absolute atomic E-state index is 12.1. The van der Waals surface area contributed by atoms with Crippen LogP contribution >= 0.6 is 0 Å². The highest BCUT2D eigenvalue weighted by atomic mass is 16.1. The van der Waals surface area contributed by atoms with Gasteiger partial charge in [-0.05, 0) is 43.4 Å². The van der Waals surface area contributed by atoms with Crippen LogP contribution in [0.2, 0.25) is 0 Å². The zero-order valence-electron chi connectivity index (χ0n) is 12.1. The Morgan fingerprint density at radius 1 is 1.26 bits per heavy atom. The number of piperidine rings is 1. The minimum atomic E-state index is 0.0386. The molecule has 1 amide bonds. The molecule has 0 aromatic heterocycles. The standard InChI is InChI=1S/C16H24N2O/c1-11(2)13-5-7-14(8-6-13)16(19)18-15-9-4-12(3)17-10-15/h5-8,11-12,15,17H,4,9-10H2,1-3H3,(H,18,19). The second kappa shape index (κ2) is 6.20. The summed E-state index contributed by atoms with van der Waals surface area (Å²) in [4.78, 5) is 12.1. The van der Waals surface area contributed by atoms with Crippen LogP contribution in [-0.2, 0) is 0 Å². The highest BCUT2D eigenvalue weighted by molar-refractivity contribution is 5.94. The van der Waals surface area contributed by atoms with Crippen molar-refractivity contribution >= 4 is 5.91 Å². The lowest BCUT2D eigenvalue weighted by molar-refractivity contribution is 0.0927. The number of nitrogens with one attached hydrogen (secondary N) is 2. The second-order valence-corrected chi connectivity index (χ2v) is 5.83. The first-order valence-corrected chi connectivity index (χ1v) is 7.20. The number of carbonyl (C=O) groups excluding carboxylic acids is 1. The summed E-state index contributed by atoms with van der Waals surface area (Å²) in [7, 11) is 0. The third kappa shape index (κ3) is 3.80. The van der Waals surface area contributed by atoms with E-state index < -0.39 is 0 Å². The normalized spacial score (nSPS) is 23.4. The molecule has 2 unspecified atom stereocenters. The van der Waals surface area contributed by atoms with Crippen LogP contribution in [0, 0.1) is 0 Å². The number of hydrogen-bond donors (Lipinski definition) is 2. The van der Waals surface area contributed by atoms with Gasteiger partial charge in [0, 0.05) is 24.2 Å². The molecule has 0 aliphatic carbocycles. The summed E-state index contributed by atoms with van der Waals surface area (Å²) in [5, 5.41) is 6.50. The molecule has 1 heterocycles. The minimum absolute atomic E-state index is 0.0386. The van der Waals surface area contributed by atoms with Gasteiger partial charge >= 0.3 is 0 Å². The summed E-state index contributed by atoms with van der Waals surface area (Å²) in [6, 6.07) is 8.75. The first kappa shape index (κ1) is 14.1. The number of amides is 1. The summed E-state index contributed by atoms with van der Waals surface area (Å²) in [6.07, 6.45) is 2.18. The summed E-state index contributed by atoms with van der Waals surface area (Å²) < 4.78 is 0. The van der Waals surface area contributed by atoms with E-state index in [0.29, 0.717) is 12.0 Å². The molecule has 0 radical (unpaired) electrons. The van der Waals surface area contributed by atoms with Crippen molar-refractivity contribution in [3.63, 3.8) is 0 Å². The predicted octanol–water partition coefficient (Wildman–Crippen LogP) is 2.68. The largest absolute Gasteiger partial charge is 0.348 e. The average molecular weight is 260 g/mol. The molecule has 2 atom stereocenters. The van der Waals surface area contributed by atoms with Crippen molar-refractivity contribution in [3.05, 3.63) is 35.4 Å². The van der Waals surface area contributed by atoms with Crippen molar-refractivity contribution in [1.29, 1.82) is 0 Å². The molecule has 2 rings (SSSR count). The number of rotatable bonds is 3. The molecule has 1 aromatic rings. The van der Waals surface area contributed by atoms with Crippen molar-refractivity contribution < 1.29 is 4.79 Å². The van der Waals surface area contributed by atoms with Gasteiger partial charge in [0.05, 0.1) is 0 Å². The monoisotopic (exact) mass is 260 g/mol. The summed E-state index contributed by atoms with van der Waals surface area (Å²) >= 11 is 0. The van der Waals surface area contributed by atoms with Gasteiger partial charge in [0.25, 0.3) is 5.91 Å². The van der Waals surface area contributed by atoms with Gasteiger partial charge in [0.2, 0.25) is 0 Å². The Kier molecular flexibility index (Phi) is 4.59. The van der Waals surface area contributed by atoms with Gasteiger partial charge in [-0.1, -0.05) is 26.0 Å². The fraction of sp³-hybridized carbons (Fsp3) is 0.562. The van der Waals surface area contributed by atoms with E-state index in [-0.39, 0.29) is 11.9 Å². The van der Waals surface area contributed by atoms with Crippen molar-refractivity contribution in [2.75, 3.05) is 6.54 Å². The van der Waals surface area contributed by atoms with E-state index in [1.807, 2.05) is 24.3 Å². The van der Waals surface area contributed by atoms with E-state index in [2.05, 4.69) is 31.4 Å². The van der Waals surface area contributed by atoms with Gasteiger partial charge in [0.1, 0.15) is 0 Å². The lowest BCUT2D eigenvalue weighted by atomic mass is 10.00. The molecule has 1 aliphatic rings. The maximum atomic E-state index is 12.1. The molecular formula is C16H24N2O. The van der Waals surface area contributed by atoms with E-state index in [0.717, 1.165) is 24.9 Å². The third-order valence-corrected chi connectivity index (χ3v) is 3.84. The SMILES string of the molecule is CC1CCC(NC(=O)c2ccc(C(C)C)cc2)CN1. The van der Waals surface area contributed by atoms with Crippen LogP contribution in [-0.4, -0.2) is 24.5 Å². The Labute approximate surface area is 115 Å². The Balaban J connectivity index is 1.92. The quantitative estimate of drug-likeness (QED) is 0.877. The number of carbonyl (C=O) groups is 1. The molecule has 104 valence electrons. The van der Waals surface area contributed by atoms with Crippen LogP contribution in [0.4, 0.5) is 0 Å². The van der Waals surface area contributed by atoms with E-state index in [4.69, 9.17) is 0 Å². The Morgan fingerprint density at radius 2 is 1.95 bits per heavy atom. The Bertz CT molecular complexity index is 417. The molecule has 0 spiro atoms. The Hall–Kier alpha value is -1.35. The summed E-state index contributed by atoms with van der Waals surface area (Å²) in [6.45, 7) is 7.37. The first-order chi connectivity index (χ1) is 9.06. The van der Waals surface area contributed by atoms with E-state index in [9.17, 15) is 4.79 Å². The molecule has 19 heavy (non-hydrogen) atoms. The molecule has 1 saturated heterocycles. The van der Waals surface area contributed by atoms with Gasteiger partial charge in [-0.25, -0.2) is 0 Å². The van der Waals surface area contributed by atoms with Crippen LogP contribution in [0.15, 0.2) is 24.3 Å². The second-order valence-electron chi connectivity index (χ2n) is 5.83. The Morgan fingerprint density at radius 3 is 2.47 bits per heavy atom. The van der Waals surface area contributed by atoms with Gasteiger partial charge in [-0.3, -0.25) is 4.79 Å². The fourth-order valence-electron chi connectivity index (χ4n) is 2.41. The van der Waals surface area contributed by atoms with Crippen molar-refractivity contribution in [1.82, 2.24) is 10.6 Å². The zero-order chi connectivity index (χ0) is 13.8.